The highest BCUT2D eigenvalue weighted by Crippen LogP contribution is 2.32. The van der Waals surface area contributed by atoms with Gasteiger partial charge in [-0.25, -0.2) is 13.1 Å². The van der Waals surface area contributed by atoms with E-state index in [2.05, 4.69) is 20.7 Å². The van der Waals surface area contributed by atoms with E-state index < -0.39 is 16.1 Å². The summed E-state index contributed by atoms with van der Waals surface area (Å²) in [7, 11) is -3.66. The Morgan fingerprint density at radius 2 is 2.16 bits per heavy atom. The second kappa shape index (κ2) is 5.40. The molecule has 0 aliphatic heterocycles. The van der Waals surface area contributed by atoms with Crippen LogP contribution in [-0.2, 0) is 10.0 Å². The number of anilines is 1. The predicted molar refractivity (Wildman–Crippen MR) is 77.2 cm³/mol. The molecule has 0 saturated heterocycles. The average Bonchev–Trinajstić information content (AvgIpc) is 3.14. The summed E-state index contributed by atoms with van der Waals surface area (Å²) < 4.78 is 27.5. The minimum absolute atomic E-state index is 0.0405. The van der Waals surface area contributed by atoms with Gasteiger partial charge in [-0.2, -0.15) is 0 Å². The van der Waals surface area contributed by atoms with Crippen molar-refractivity contribution in [3.63, 3.8) is 0 Å². The third-order valence-electron chi connectivity index (χ3n) is 3.30. The van der Waals surface area contributed by atoms with Gasteiger partial charge in [0.15, 0.2) is 0 Å². The van der Waals surface area contributed by atoms with Gasteiger partial charge in [0.05, 0.1) is 11.0 Å². The molecule has 0 spiro atoms. The number of nitrogen functional groups attached to an aromatic ring is 1. The summed E-state index contributed by atoms with van der Waals surface area (Å²) in [5.41, 5.74) is 6.69. The Hall–Kier alpha value is -0.630. The van der Waals surface area contributed by atoms with Crippen LogP contribution in [-0.4, -0.2) is 26.2 Å². The number of hydrogen-bond acceptors (Lipinski definition) is 4. The molecule has 1 atom stereocenters. The molecule has 4 N–H and O–H groups in total. The summed E-state index contributed by atoms with van der Waals surface area (Å²) in [4.78, 5) is 0.141. The van der Waals surface area contributed by atoms with Crippen molar-refractivity contribution in [2.45, 2.75) is 30.8 Å². The molecule has 1 aliphatic rings. The largest absolute Gasteiger partial charge is 0.398 e. The van der Waals surface area contributed by atoms with E-state index in [0.29, 0.717) is 15.7 Å². The van der Waals surface area contributed by atoms with Crippen LogP contribution in [0.1, 0.15) is 18.4 Å². The van der Waals surface area contributed by atoms with Crippen LogP contribution in [0.4, 0.5) is 5.69 Å². The SMILES string of the molecule is Cc1c(N)cc(Br)cc1S(=O)(=O)NCC(O)C1CC1. The lowest BCUT2D eigenvalue weighted by Gasteiger charge is -2.14. The lowest BCUT2D eigenvalue weighted by Crippen LogP contribution is -2.33. The third-order valence-corrected chi connectivity index (χ3v) is 5.31. The highest BCUT2D eigenvalue weighted by molar-refractivity contribution is 9.10. The molecule has 5 nitrogen and oxygen atoms in total. The molecule has 1 aliphatic carbocycles. The van der Waals surface area contributed by atoms with E-state index >= 15 is 0 Å². The Kier molecular flexibility index (Phi) is 4.20. The van der Waals surface area contributed by atoms with Gasteiger partial charge in [0.2, 0.25) is 10.0 Å². The zero-order chi connectivity index (χ0) is 14.2. The second-order valence-electron chi connectivity index (χ2n) is 4.87. The average molecular weight is 349 g/mol. The van der Waals surface area contributed by atoms with Gasteiger partial charge in [0, 0.05) is 16.7 Å². The van der Waals surface area contributed by atoms with E-state index in [1.54, 1.807) is 13.0 Å². The van der Waals surface area contributed by atoms with Crippen molar-refractivity contribution in [1.82, 2.24) is 4.72 Å². The standard InChI is InChI=1S/C12H17BrN2O3S/c1-7-10(14)4-9(13)5-12(7)19(17,18)15-6-11(16)8-2-3-8/h4-5,8,11,15-16H,2-3,6,14H2,1H3. The van der Waals surface area contributed by atoms with E-state index in [1.807, 2.05) is 0 Å². The van der Waals surface area contributed by atoms with Crippen molar-refractivity contribution in [1.29, 1.82) is 0 Å². The Labute approximate surface area is 121 Å². The van der Waals surface area contributed by atoms with Gasteiger partial charge in [-0.1, -0.05) is 15.9 Å². The molecular formula is C12H17BrN2O3S. The molecule has 0 amide bonds. The van der Waals surface area contributed by atoms with Crippen LogP contribution in [0.25, 0.3) is 0 Å². The van der Waals surface area contributed by atoms with E-state index in [9.17, 15) is 13.5 Å². The summed E-state index contributed by atoms with van der Waals surface area (Å²) in [5, 5.41) is 9.72. The molecular weight excluding hydrogens is 332 g/mol. The molecule has 106 valence electrons. The van der Waals surface area contributed by atoms with Crippen molar-refractivity contribution in [2.24, 2.45) is 5.92 Å². The van der Waals surface area contributed by atoms with Gasteiger partial charge in [-0.3, -0.25) is 0 Å². The number of halogens is 1. The van der Waals surface area contributed by atoms with Crippen molar-refractivity contribution in [3.05, 3.63) is 22.2 Å². The predicted octanol–water partition coefficient (Wildman–Crippen LogP) is 1.39. The van der Waals surface area contributed by atoms with Gasteiger partial charge in [-0.15, -0.1) is 0 Å². The monoisotopic (exact) mass is 348 g/mol. The minimum Gasteiger partial charge on any atom is -0.398 e. The molecule has 1 aromatic carbocycles. The highest BCUT2D eigenvalue weighted by Gasteiger charge is 2.31. The van der Waals surface area contributed by atoms with Gasteiger partial charge in [-0.05, 0) is 43.4 Å². The summed E-state index contributed by atoms with van der Waals surface area (Å²) in [6.07, 6.45) is 1.32. The summed E-state index contributed by atoms with van der Waals surface area (Å²) in [5.74, 6) is 0.233. The van der Waals surface area contributed by atoms with Gasteiger partial charge >= 0.3 is 0 Å². The fraction of sp³-hybridized carbons (Fsp3) is 0.500. The minimum atomic E-state index is -3.66. The molecule has 19 heavy (non-hydrogen) atoms. The number of nitrogens with two attached hydrogens (primary N) is 1. The number of hydrogen-bond donors (Lipinski definition) is 3. The quantitative estimate of drug-likeness (QED) is 0.701. The first kappa shape index (κ1) is 14.8. The normalized spacial score (nSPS) is 17.4. The zero-order valence-corrected chi connectivity index (χ0v) is 13.0. The Bertz CT molecular complexity index is 585. The summed E-state index contributed by atoms with van der Waals surface area (Å²) >= 11 is 3.23. The first-order valence-corrected chi connectivity index (χ1v) is 8.32. The molecule has 1 unspecified atom stereocenters. The molecule has 1 saturated carbocycles. The molecule has 0 radical (unpaired) electrons. The Balaban J connectivity index is 2.19. The molecule has 1 aromatic rings. The van der Waals surface area contributed by atoms with Crippen molar-refractivity contribution in [2.75, 3.05) is 12.3 Å². The fourth-order valence-corrected chi connectivity index (χ4v) is 3.85. The summed E-state index contributed by atoms with van der Waals surface area (Å²) in [6.45, 7) is 1.70. The maximum absolute atomic E-state index is 12.2. The Morgan fingerprint density at radius 3 is 2.74 bits per heavy atom. The first-order valence-electron chi connectivity index (χ1n) is 6.04. The number of benzene rings is 1. The second-order valence-corrected chi connectivity index (χ2v) is 7.53. The number of aliphatic hydroxyl groups excluding tert-OH is 1. The van der Waals surface area contributed by atoms with E-state index in [0.717, 1.165) is 12.8 Å². The van der Waals surface area contributed by atoms with Gasteiger partial charge in [0.25, 0.3) is 0 Å². The zero-order valence-electron chi connectivity index (χ0n) is 10.6. The molecule has 7 heteroatoms. The number of rotatable bonds is 5. The fourth-order valence-electron chi connectivity index (χ4n) is 1.87. The third kappa shape index (κ3) is 3.47. The van der Waals surface area contributed by atoms with Crippen LogP contribution in [0.2, 0.25) is 0 Å². The topological polar surface area (TPSA) is 92.4 Å². The van der Waals surface area contributed by atoms with Gasteiger partial charge in [0.1, 0.15) is 0 Å². The number of nitrogens with one attached hydrogen (secondary N) is 1. The van der Waals surface area contributed by atoms with E-state index in [-0.39, 0.29) is 17.4 Å². The number of aliphatic hydroxyl groups is 1. The molecule has 0 bridgehead atoms. The molecule has 0 aromatic heterocycles. The Morgan fingerprint density at radius 1 is 1.53 bits per heavy atom. The van der Waals surface area contributed by atoms with Crippen molar-refractivity contribution >= 4 is 31.6 Å². The van der Waals surface area contributed by atoms with Gasteiger partial charge < -0.3 is 10.8 Å². The van der Waals surface area contributed by atoms with Crippen LogP contribution in [0.15, 0.2) is 21.5 Å². The first-order chi connectivity index (χ1) is 8.81. The smallest absolute Gasteiger partial charge is 0.241 e. The molecule has 0 heterocycles. The van der Waals surface area contributed by atoms with Crippen LogP contribution >= 0.6 is 15.9 Å². The maximum Gasteiger partial charge on any atom is 0.241 e. The van der Waals surface area contributed by atoms with Crippen LogP contribution < -0.4 is 10.5 Å². The van der Waals surface area contributed by atoms with Crippen LogP contribution in [0.5, 0.6) is 0 Å². The van der Waals surface area contributed by atoms with Crippen LogP contribution in [0, 0.1) is 12.8 Å². The summed E-state index contributed by atoms with van der Waals surface area (Å²) in [6, 6.07) is 3.17. The highest BCUT2D eigenvalue weighted by atomic mass is 79.9. The lowest BCUT2D eigenvalue weighted by atomic mass is 10.2. The molecule has 2 rings (SSSR count). The van der Waals surface area contributed by atoms with Crippen molar-refractivity contribution in [3.8, 4) is 0 Å². The van der Waals surface area contributed by atoms with Crippen LogP contribution in [0.3, 0.4) is 0 Å². The maximum atomic E-state index is 12.2. The van der Waals surface area contributed by atoms with E-state index in [4.69, 9.17) is 5.73 Å². The molecule has 1 fully saturated rings. The number of sulfonamides is 1. The van der Waals surface area contributed by atoms with E-state index in [1.165, 1.54) is 6.07 Å². The lowest BCUT2D eigenvalue weighted by molar-refractivity contribution is 0.155. The van der Waals surface area contributed by atoms with Crippen molar-refractivity contribution < 1.29 is 13.5 Å².